The van der Waals surface area contributed by atoms with Gasteiger partial charge < -0.3 is 0 Å². The normalized spacial score (nSPS) is 11.6. The molecule has 0 atom stereocenters. The molecule has 94 valence electrons. The highest BCUT2D eigenvalue weighted by Crippen LogP contribution is 2.34. The van der Waals surface area contributed by atoms with Gasteiger partial charge >= 0.3 is 6.18 Å². The molecule has 2 aromatic carbocycles. The van der Waals surface area contributed by atoms with Crippen LogP contribution < -0.4 is 0 Å². The number of rotatable bonds is 1. The van der Waals surface area contributed by atoms with Crippen LogP contribution in [-0.2, 0) is 6.18 Å². The van der Waals surface area contributed by atoms with Gasteiger partial charge in [-0.05, 0) is 58.3 Å². The Kier molecular flexibility index (Phi) is 3.66. The number of benzene rings is 2. The third-order valence-corrected chi connectivity index (χ3v) is 3.62. The second-order valence-corrected chi connectivity index (χ2v) is 5.17. The first-order valence-electron chi connectivity index (χ1n) is 5.32. The molecular weight excluding hydrogens is 352 g/mol. The van der Waals surface area contributed by atoms with Crippen LogP contribution in [0.15, 0.2) is 42.5 Å². The van der Waals surface area contributed by atoms with Crippen LogP contribution in [0.3, 0.4) is 0 Å². The first-order chi connectivity index (χ1) is 8.39. The maximum Gasteiger partial charge on any atom is 0.416 e. The summed E-state index contributed by atoms with van der Waals surface area (Å²) in [6.07, 6.45) is -4.29. The van der Waals surface area contributed by atoms with Crippen LogP contribution in [0.1, 0.15) is 11.1 Å². The lowest BCUT2D eigenvalue weighted by Gasteiger charge is -2.11. The summed E-state index contributed by atoms with van der Waals surface area (Å²) in [5, 5.41) is 0. The molecule has 0 heterocycles. The van der Waals surface area contributed by atoms with E-state index in [0.717, 1.165) is 22.8 Å². The van der Waals surface area contributed by atoms with Gasteiger partial charge in [0.05, 0.1) is 5.56 Å². The Balaban J connectivity index is 2.52. The molecule has 0 nitrogen and oxygen atoms in total. The fraction of sp³-hybridized carbons (Fsp3) is 0.143. The van der Waals surface area contributed by atoms with E-state index in [1.807, 2.05) is 53.8 Å². The average molecular weight is 362 g/mol. The minimum atomic E-state index is -4.29. The highest BCUT2D eigenvalue weighted by Gasteiger charge is 2.30. The highest BCUT2D eigenvalue weighted by atomic mass is 127. The van der Waals surface area contributed by atoms with Gasteiger partial charge in [0.25, 0.3) is 0 Å². The van der Waals surface area contributed by atoms with E-state index >= 15 is 0 Å². The maximum absolute atomic E-state index is 12.6. The molecule has 2 aromatic rings. The Hall–Kier alpha value is -1.04. The van der Waals surface area contributed by atoms with Gasteiger partial charge in [-0.3, -0.25) is 0 Å². The first-order valence-corrected chi connectivity index (χ1v) is 6.40. The van der Waals surface area contributed by atoms with E-state index in [2.05, 4.69) is 0 Å². The fourth-order valence-electron chi connectivity index (χ4n) is 1.78. The number of hydrogen-bond acceptors (Lipinski definition) is 0. The molecule has 0 saturated carbocycles. The average Bonchev–Trinajstić information content (AvgIpc) is 2.29. The van der Waals surface area contributed by atoms with E-state index < -0.39 is 11.7 Å². The Morgan fingerprint density at radius 3 is 2.17 bits per heavy atom. The van der Waals surface area contributed by atoms with Crippen LogP contribution in [0, 0.1) is 10.5 Å². The molecule has 0 aliphatic carbocycles. The topological polar surface area (TPSA) is 0 Å². The molecule has 0 aliphatic heterocycles. The lowest BCUT2D eigenvalue weighted by molar-refractivity contribution is -0.137. The lowest BCUT2D eigenvalue weighted by Crippen LogP contribution is -2.05. The summed E-state index contributed by atoms with van der Waals surface area (Å²) in [4.78, 5) is 0. The van der Waals surface area contributed by atoms with Gasteiger partial charge in [0.15, 0.2) is 0 Å². The van der Waals surface area contributed by atoms with Crippen molar-refractivity contribution in [2.24, 2.45) is 0 Å². The molecule has 4 heteroatoms. The van der Waals surface area contributed by atoms with Gasteiger partial charge in [-0.2, -0.15) is 13.2 Å². The van der Waals surface area contributed by atoms with Gasteiger partial charge in [-0.15, -0.1) is 0 Å². The third kappa shape index (κ3) is 2.68. The van der Waals surface area contributed by atoms with Crippen molar-refractivity contribution >= 4 is 22.6 Å². The maximum atomic E-state index is 12.6. The molecule has 0 spiro atoms. The molecule has 0 amide bonds. The van der Waals surface area contributed by atoms with Crippen LogP contribution >= 0.6 is 22.6 Å². The molecule has 2 rings (SSSR count). The van der Waals surface area contributed by atoms with Crippen molar-refractivity contribution in [3.05, 3.63) is 57.2 Å². The van der Waals surface area contributed by atoms with Crippen LogP contribution in [-0.4, -0.2) is 0 Å². The zero-order chi connectivity index (χ0) is 13.3. The summed E-state index contributed by atoms with van der Waals surface area (Å²) >= 11 is 1.95. The van der Waals surface area contributed by atoms with Gasteiger partial charge in [0.1, 0.15) is 0 Å². The second kappa shape index (κ2) is 4.91. The standard InChI is InChI=1S/C14H10F3I/c1-9-4-2-3-5-11(9)12-7-6-10(8-13(12)18)14(15,16)17/h2-8H,1H3. The molecule has 0 saturated heterocycles. The monoisotopic (exact) mass is 362 g/mol. The third-order valence-electron chi connectivity index (χ3n) is 2.73. The van der Waals surface area contributed by atoms with E-state index in [1.165, 1.54) is 12.1 Å². The summed E-state index contributed by atoms with van der Waals surface area (Å²) in [7, 11) is 0. The smallest absolute Gasteiger partial charge is 0.166 e. The molecule has 0 radical (unpaired) electrons. The van der Waals surface area contributed by atoms with Crippen LogP contribution in [0.5, 0.6) is 0 Å². The SMILES string of the molecule is Cc1ccccc1-c1ccc(C(F)(F)F)cc1I. The van der Waals surface area contributed by atoms with Crippen molar-refractivity contribution in [1.82, 2.24) is 0 Å². The number of hydrogen-bond donors (Lipinski definition) is 0. The lowest BCUT2D eigenvalue weighted by atomic mass is 9.99. The van der Waals surface area contributed by atoms with Crippen molar-refractivity contribution in [2.45, 2.75) is 13.1 Å². The summed E-state index contributed by atoms with van der Waals surface area (Å²) in [5.41, 5.74) is 2.25. The molecule has 0 aromatic heterocycles. The van der Waals surface area contributed by atoms with E-state index in [4.69, 9.17) is 0 Å². The Morgan fingerprint density at radius 2 is 1.61 bits per heavy atom. The highest BCUT2D eigenvalue weighted by molar-refractivity contribution is 14.1. The minimum absolute atomic E-state index is 0.607. The second-order valence-electron chi connectivity index (χ2n) is 4.01. The quantitative estimate of drug-likeness (QED) is 0.605. The molecule has 0 aliphatic rings. The summed E-state index contributed by atoms with van der Waals surface area (Å²) in [5.74, 6) is 0. The van der Waals surface area contributed by atoms with Gasteiger partial charge in [-0.25, -0.2) is 0 Å². The predicted molar refractivity (Wildman–Crippen MR) is 74.3 cm³/mol. The number of halogens is 4. The zero-order valence-electron chi connectivity index (χ0n) is 9.55. The van der Waals surface area contributed by atoms with E-state index in [1.54, 1.807) is 0 Å². The molecular formula is C14H10F3I. The summed E-state index contributed by atoms with van der Waals surface area (Å²) < 4.78 is 38.3. The Bertz CT molecular complexity index is 573. The van der Waals surface area contributed by atoms with E-state index in [-0.39, 0.29) is 0 Å². The molecule has 0 unspecified atom stereocenters. The van der Waals surface area contributed by atoms with Crippen LogP contribution in [0.25, 0.3) is 11.1 Å². The van der Waals surface area contributed by atoms with Crippen molar-refractivity contribution < 1.29 is 13.2 Å². The predicted octanol–water partition coefficient (Wildman–Crippen LogP) is 5.29. The van der Waals surface area contributed by atoms with Crippen molar-refractivity contribution in [3.63, 3.8) is 0 Å². The minimum Gasteiger partial charge on any atom is -0.166 e. The molecule has 0 bridgehead atoms. The summed E-state index contributed by atoms with van der Waals surface area (Å²) in [6.45, 7) is 1.95. The van der Waals surface area contributed by atoms with E-state index in [0.29, 0.717) is 3.57 Å². The molecule has 0 N–H and O–H groups in total. The Morgan fingerprint density at radius 1 is 0.944 bits per heavy atom. The Labute approximate surface area is 117 Å². The van der Waals surface area contributed by atoms with Crippen molar-refractivity contribution in [3.8, 4) is 11.1 Å². The molecule has 18 heavy (non-hydrogen) atoms. The van der Waals surface area contributed by atoms with Crippen LogP contribution in [0.2, 0.25) is 0 Å². The van der Waals surface area contributed by atoms with Gasteiger partial charge in [0, 0.05) is 3.57 Å². The van der Waals surface area contributed by atoms with Crippen LogP contribution in [0.4, 0.5) is 13.2 Å². The molecule has 0 fully saturated rings. The first kappa shape index (κ1) is 13.4. The number of aryl methyl sites for hydroxylation is 1. The summed E-state index contributed by atoms with van der Waals surface area (Å²) in [6, 6.07) is 11.5. The zero-order valence-corrected chi connectivity index (χ0v) is 11.7. The fourth-order valence-corrected chi connectivity index (χ4v) is 2.59. The van der Waals surface area contributed by atoms with Crippen molar-refractivity contribution in [1.29, 1.82) is 0 Å². The van der Waals surface area contributed by atoms with Gasteiger partial charge in [0.2, 0.25) is 0 Å². The number of alkyl halides is 3. The van der Waals surface area contributed by atoms with Gasteiger partial charge in [-0.1, -0.05) is 30.3 Å². The van der Waals surface area contributed by atoms with Crippen molar-refractivity contribution in [2.75, 3.05) is 0 Å². The van der Waals surface area contributed by atoms with E-state index in [9.17, 15) is 13.2 Å². The largest absolute Gasteiger partial charge is 0.416 e.